The number of nitrogens with one attached hydrogen (secondary N) is 1. The zero-order valence-electron chi connectivity index (χ0n) is 18.0. The first-order chi connectivity index (χ1) is 15.1. The van der Waals surface area contributed by atoms with E-state index in [9.17, 15) is 9.59 Å². The van der Waals surface area contributed by atoms with E-state index in [1.807, 2.05) is 53.9 Å². The van der Waals surface area contributed by atoms with Gasteiger partial charge in [0, 0.05) is 61.6 Å². The third kappa shape index (κ3) is 5.77. The van der Waals surface area contributed by atoms with E-state index in [-0.39, 0.29) is 11.8 Å². The van der Waals surface area contributed by atoms with Gasteiger partial charge in [-0.25, -0.2) is 0 Å². The van der Waals surface area contributed by atoms with E-state index in [4.69, 9.17) is 0 Å². The van der Waals surface area contributed by atoms with Gasteiger partial charge in [-0.05, 0) is 54.3 Å². The van der Waals surface area contributed by atoms with Gasteiger partial charge in [-0.2, -0.15) is 11.8 Å². The fourth-order valence-electron chi connectivity index (χ4n) is 4.01. The van der Waals surface area contributed by atoms with Crippen LogP contribution in [0, 0.1) is 6.92 Å². The number of carbonyl (C=O) groups excluding carboxylic acids is 2. The average Bonchev–Trinajstić information content (AvgIpc) is 3.21. The van der Waals surface area contributed by atoms with Gasteiger partial charge in [0.1, 0.15) is 0 Å². The summed E-state index contributed by atoms with van der Waals surface area (Å²) in [6.07, 6.45) is 4.88. The molecule has 162 valence electrons. The van der Waals surface area contributed by atoms with Crippen LogP contribution in [0.3, 0.4) is 0 Å². The van der Waals surface area contributed by atoms with E-state index < -0.39 is 0 Å². The van der Waals surface area contributed by atoms with Crippen LogP contribution in [-0.4, -0.2) is 47.9 Å². The molecule has 2 aliphatic rings. The average molecular weight is 436 g/mol. The minimum atomic E-state index is -0.150. The number of hydrogen-bond donors (Lipinski definition) is 1. The molecule has 6 heteroatoms. The Morgan fingerprint density at radius 3 is 2.55 bits per heavy atom. The van der Waals surface area contributed by atoms with Crippen LogP contribution >= 0.6 is 11.8 Å². The molecule has 0 unspecified atom stereocenters. The second kappa shape index (κ2) is 10.2. The Balaban J connectivity index is 1.32. The Morgan fingerprint density at radius 2 is 1.87 bits per heavy atom. The summed E-state index contributed by atoms with van der Waals surface area (Å²) >= 11 is 2.02. The quantitative estimate of drug-likeness (QED) is 0.687. The van der Waals surface area contributed by atoms with Gasteiger partial charge >= 0.3 is 0 Å². The van der Waals surface area contributed by atoms with Crippen molar-refractivity contribution in [3.63, 3.8) is 0 Å². The van der Waals surface area contributed by atoms with Gasteiger partial charge in [0.05, 0.1) is 0 Å². The molecule has 0 aliphatic carbocycles. The summed E-state index contributed by atoms with van der Waals surface area (Å²) in [4.78, 5) is 28.5. The SMILES string of the molecule is Cc1cc(CN2CCSCC2)ccc1NC(=O)/C=C/c1ccc(N2CCCC2=O)cc1. The number of aryl methyl sites for hydroxylation is 1. The van der Waals surface area contributed by atoms with Crippen molar-refractivity contribution in [2.75, 3.05) is 41.4 Å². The smallest absolute Gasteiger partial charge is 0.248 e. The second-order valence-corrected chi connectivity index (χ2v) is 9.33. The lowest BCUT2D eigenvalue weighted by Gasteiger charge is -2.26. The van der Waals surface area contributed by atoms with Crippen molar-refractivity contribution in [3.05, 3.63) is 65.2 Å². The first kappa shape index (κ1) is 21.7. The van der Waals surface area contributed by atoms with Crippen LogP contribution in [0.15, 0.2) is 48.5 Å². The van der Waals surface area contributed by atoms with E-state index in [1.54, 1.807) is 12.2 Å². The van der Waals surface area contributed by atoms with Crippen LogP contribution in [0.5, 0.6) is 0 Å². The van der Waals surface area contributed by atoms with Crippen LogP contribution in [0.1, 0.15) is 29.5 Å². The fraction of sp³-hybridized carbons (Fsp3) is 0.360. The van der Waals surface area contributed by atoms with Gasteiger partial charge in [-0.15, -0.1) is 0 Å². The fourth-order valence-corrected chi connectivity index (χ4v) is 4.99. The molecule has 31 heavy (non-hydrogen) atoms. The van der Waals surface area contributed by atoms with Crippen molar-refractivity contribution in [1.29, 1.82) is 0 Å². The van der Waals surface area contributed by atoms with Crippen LogP contribution in [0.25, 0.3) is 6.08 Å². The standard InChI is InChI=1S/C25H29N3O2S/c1-19-17-21(18-27-13-15-31-16-14-27)6-10-23(19)26-24(29)11-7-20-4-8-22(9-5-20)28-12-2-3-25(28)30/h4-11,17H,2-3,12-16,18H2,1H3,(H,26,29)/b11-7+. The van der Waals surface area contributed by atoms with Crippen molar-refractivity contribution in [2.24, 2.45) is 0 Å². The van der Waals surface area contributed by atoms with Crippen molar-refractivity contribution in [3.8, 4) is 0 Å². The van der Waals surface area contributed by atoms with Crippen molar-refractivity contribution in [1.82, 2.24) is 4.90 Å². The van der Waals surface area contributed by atoms with Crippen LogP contribution < -0.4 is 10.2 Å². The van der Waals surface area contributed by atoms with Gasteiger partial charge in [-0.3, -0.25) is 14.5 Å². The molecule has 4 rings (SSSR count). The first-order valence-electron chi connectivity index (χ1n) is 10.9. The molecule has 2 aliphatic heterocycles. The maximum absolute atomic E-state index is 12.4. The monoisotopic (exact) mass is 435 g/mol. The molecule has 0 saturated carbocycles. The number of anilines is 2. The number of carbonyl (C=O) groups is 2. The van der Waals surface area contributed by atoms with E-state index in [2.05, 4.69) is 22.3 Å². The molecular formula is C25H29N3O2S. The van der Waals surface area contributed by atoms with E-state index in [0.29, 0.717) is 6.42 Å². The maximum atomic E-state index is 12.4. The summed E-state index contributed by atoms with van der Waals surface area (Å²) in [5, 5.41) is 2.98. The molecule has 0 atom stereocenters. The molecule has 2 heterocycles. The minimum Gasteiger partial charge on any atom is -0.322 e. The van der Waals surface area contributed by atoms with Crippen molar-refractivity contribution in [2.45, 2.75) is 26.3 Å². The Labute approximate surface area is 188 Å². The molecule has 0 spiro atoms. The van der Waals surface area contributed by atoms with Crippen LogP contribution in [-0.2, 0) is 16.1 Å². The molecule has 0 bridgehead atoms. The van der Waals surface area contributed by atoms with Crippen LogP contribution in [0.2, 0.25) is 0 Å². The van der Waals surface area contributed by atoms with Gasteiger partial charge in [-0.1, -0.05) is 24.3 Å². The lowest BCUT2D eigenvalue weighted by Crippen LogP contribution is -2.31. The first-order valence-corrected chi connectivity index (χ1v) is 12.0. The summed E-state index contributed by atoms with van der Waals surface area (Å²) in [6, 6.07) is 14.0. The Bertz CT molecular complexity index is 965. The topological polar surface area (TPSA) is 52.7 Å². The molecule has 0 aromatic heterocycles. The molecule has 0 radical (unpaired) electrons. The number of thioether (sulfide) groups is 1. The van der Waals surface area contributed by atoms with Crippen molar-refractivity contribution < 1.29 is 9.59 Å². The highest BCUT2D eigenvalue weighted by molar-refractivity contribution is 7.99. The zero-order chi connectivity index (χ0) is 21.6. The highest BCUT2D eigenvalue weighted by Crippen LogP contribution is 2.22. The maximum Gasteiger partial charge on any atom is 0.248 e. The number of hydrogen-bond acceptors (Lipinski definition) is 4. The molecule has 2 saturated heterocycles. The van der Waals surface area contributed by atoms with Gasteiger partial charge in [0.25, 0.3) is 0 Å². The lowest BCUT2D eigenvalue weighted by molar-refractivity contribution is -0.117. The van der Waals surface area contributed by atoms with Gasteiger partial charge in [0.2, 0.25) is 11.8 Å². The van der Waals surface area contributed by atoms with Gasteiger partial charge < -0.3 is 10.2 Å². The summed E-state index contributed by atoms with van der Waals surface area (Å²) in [5.41, 5.74) is 5.05. The molecule has 2 aromatic carbocycles. The Kier molecular flexibility index (Phi) is 7.10. The van der Waals surface area contributed by atoms with Crippen molar-refractivity contribution >= 4 is 41.0 Å². The zero-order valence-corrected chi connectivity index (χ0v) is 18.8. The molecular weight excluding hydrogens is 406 g/mol. The normalized spacial score (nSPS) is 17.5. The Hall–Kier alpha value is -2.57. The summed E-state index contributed by atoms with van der Waals surface area (Å²) in [6.45, 7) is 6.07. The molecule has 2 fully saturated rings. The molecule has 1 N–H and O–H groups in total. The third-order valence-electron chi connectivity index (χ3n) is 5.76. The lowest BCUT2D eigenvalue weighted by atomic mass is 10.1. The largest absolute Gasteiger partial charge is 0.322 e. The van der Waals surface area contributed by atoms with Crippen LogP contribution in [0.4, 0.5) is 11.4 Å². The number of rotatable bonds is 6. The van der Waals surface area contributed by atoms with E-state index >= 15 is 0 Å². The predicted molar refractivity (Wildman–Crippen MR) is 129 cm³/mol. The second-order valence-electron chi connectivity index (χ2n) is 8.10. The van der Waals surface area contributed by atoms with E-state index in [0.717, 1.165) is 55.1 Å². The molecule has 2 aromatic rings. The molecule has 5 nitrogen and oxygen atoms in total. The number of benzene rings is 2. The number of amides is 2. The van der Waals surface area contributed by atoms with E-state index in [1.165, 1.54) is 17.1 Å². The summed E-state index contributed by atoms with van der Waals surface area (Å²) < 4.78 is 0. The highest BCUT2D eigenvalue weighted by Gasteiger charge is 2.21. The summed E-state index contributed by atoms with van der Waals surface area (Å²) in [5.74, 6) is 2.44. The highest BCUT2D eigenvalue weighted by atomic mass is 32.2. The summed E-state index contributed by atoms with van der Waals surface area (Å²) in [7, 11) is 0. The third-order valence-corrected chi connectivity index (χ3v) is 6.71. The van der Waals surface area contributed by atoms with Gasteiger partial charge in [0.15, 0.2) is 0 Å². The molecule has 2 amide bonds. The number of nitrogens with zero attached hydrogens (tertiary/aromatic N) is 2. The Morgan fingerprint density at radius 1 is 1.10 bits per heavy atom. The minimum absolute atomic E-state index is 0.150. The predicted octanol–water partition coefficient (Wildman–Crippen LogP) is 4.32.